The minimum atomic E-state index is -0.110. The third-order valence-electron chi connectivity index (χ3n) is 4.58. The van der Waals surface area contributed by atoms with Gasteiger partial charge < -0.3 is 4.74 Å². The molecule has 2 nitrogen and oxygen atoms in total. The van der Waals surface area contributed by atoms with Gasteiger partial charge in [0.15, 0.2) is 0 Å². The lowest BCUT2D eigenvalue weighted by Gasteiger charge is -2.21. The van der Waals surface area contributed by atoms with Crippen LogP contribution in [0.5, 0.6) is 5.75 Å². The molecule has 0 fully saturated rings. The van der Waals surface area contributed by atoms with Gasteiger partial charge in [-0.2, -0.15) is 0 Å². The zero-order valence-corrected chi connectivity index (χ0v) is 11.2. The van der Waals surface area contributed by atoms with Crippen molar-refractivity contribution < 1.29 is 9.53 Å². The van der Waals surface area contributed by atoms with E-state index in [1.165, 1.54) is 16.7 Å². The van der Waals surface area contributed by atoms with Gasteiger partial charge in [-0.25, -0.2) is 0 Å². The van der Waals surface area contributed by atoms with E-state index in [0.717, 1.165) is 18.6 Å². The molecule has 100 valence electrons. The normalized spacial score (nSPS) is 23.9. The van der Waals surface area contributed by atoms with Crippen LogP contribution in [0, 0.1) is 0 Å². The molecule has 2 aromatic rings. The van der Waals surface area contributed by atoms with Gasteiger partial charge in [0.25, 0.3) is 0 Å². The number of rotatable bonds is 1. The van der Waals surface area contributed by atoms with E-state index < -0.39 is 0 Å². The Balaban J connectivity index is 1.86. The fourth-order valence-electron chi connectivity index (χ4n) is 3.71. The number of ether oxygens (including phenoxy) is 1. The van der Waals surface area contributed by atoms with Crippen LogP contribution in [-0.2, 0) is 11.2 Å². The molecule has 2 aromatic carbocycles. The number of carbonyl (C=O) groups excluding carboxylic acids is 1. The van der Waals surface area contributed by atoms with Crippen LogP contribution in [0.3, 0.4) is 0 Å². The molecule has 0 aromatic heterocycles. The summed E-state index contributed by atoms with van der Waals surface area (Å²) in [5.41, 5.74) is 3.87. The maximum absolute atomic E-state index is 12.1. The van der Waals surface area contributed by atoms with Gasteiger partial charge in [0.2, 0.25) is 0 Å². The summed E-state index contributed by atoms with van der Waals surface area (Å²) in [6, 6.07) is 16.5. The molecule has 0 spiro atoms. The second-order valence-corrected chi connectivity index (χ2v) is 5.67. The maximum atomic E-state index is 12.1. The van der Waals surface area contributed by atoms with Crippen LogP contribution in [0.4, 0.5) is 0 Å². The van der Waals surface area contributed by atoms with E-state index in [2.05, 4.69) is 18.2 Å². The van der Waals surface area contributed by atoms with Crippen molar-refractivity contribution >= 4 is 5.97 Å². The van der Waals surface area contributed by atoms with Gasteiger partial charge in [0.1, 0.15) is 5.75 Å². The van der Waals surface area contributed by atoms with E-state index in [0.29, 0.717) is 12.3 Å². The fourth-order valence-corrected chi connectivity index (χ4v) is 3.71. The topological polar surface area (TPSA) is 26.3 Å². The lowest BCUT2D eigenvalue weighted by molar-refractivity contribution is -0.134. The van der Waals surface area contributed by atoms with E-state index in [1.54, 1.807) is 0 Å². The van der Waals surface area contributed by atoms with Gasteiger partial charge >= 0.3 is 5.97 Å². The van der Waals surface area contributed by atoms with Gasteiger partial charge in [0, 0.05) is 11.5 Å². The lowest BCUT2D eigenvalue weighted by atomic mass is 9.80. The average Bonchev–Trinajstić information content (AvgIpc) is 2.84. The highest BCUT2D eigenvalue weighted by molar-refractivity contribution is 5.76. The van der Waals surface area contributed by atoms with Crippen LogP contribution >= 0.6 is 0 Å². The van der Waals surface area contributed by atoms with Gasteiger partial charge in [-0.15, -0.1) is 0 Å². The molecule has 2 atom stereocenters. The Morgan fingerprint density at radius 2 is 1.80 bits per heavy atom. The van der Waals surface area contributed by atoms with Crippen LogP contribution < -0.4 is 4.74 Å². The Hall–Kier alpha value is -2.09. The molecule has 20 heavy (non-hydrogen) atoms. The Bertz CT molecular complexity index is 660. The summed E-state index contributed by atoms with van der Waals surface area (Å²) in [7, 11) is 0. The highest BCUT2D eigenvalue weighted by atomic mass is 16.5. The molecule has 1 aliphatic heterocycles. The van der Waals surface area contributed by atoms with E-state index in [9.17, 15) is 4.79 Å². The summed E-state index contributed by atoms with van der Waals surface area (Å²) in [5, 5.41) is 0. The zero-order chi connectivity index (χ0) is 13.5. The minimum absolute atomic E-state index is 0.110. The second-order valence-electron chi connectivity index (χ2n) is 5.67. The third-order valence-corrected chi connectivity index (χ3v) is 4.58. The molecule has 1 heterocycles. The molecular formula is C18H16O2. The third kappa shape index (κ3) is 1.75. The highest BCUT2D eigenvalue weighted by Crippen LogP contribution is 2.50. The summed E-state index contributed by atoms with van der Waals surface area (Å²) < 4.78 is 5.56. The smallest absolute Gasteiger partial charge is 0.311 e. The molecule has 1 unspecified atom stereocenters. The summed E-state index contributed by atoms with van der Waals surface area (Å²) >= 11 is 0. The molecule has 0 bridgehead atoms. The first-order valence-corrected chi connectivity index (χ1v) is 7.20. The monoisotopic (exact) mass is 264 g/mol. The Morgan fingerprint density at radius 1 is 0.950 bits per heavy atom. The molecule has 0 amide bonds. The second kappa shape index (κ2) is 4.48. The van der Waals surface area contributed by atoms with Crippen LogP contribution in [0.15, 0.2) is 48.5 Å². The van der Waals surface area contributed by atoms with Crippen molar-refractivity contribution in [2.75, 3.05) is 0 Å². The SMILES string of the molecule is O=C1C[C@H](c2ccccc2)C2CCc3cccc(c32)O1. The van der Waals surface area contributed by atoms with Crippen LogP contribution in [0.1, 0.15) is 41.4 Å². The van der Waals surface area contributed by atoms with Gasteiger partial charge in [-0.1, -0.05) is 42.5 Å². The standard InChI is InChI=1S/C18H16O2/c19-17-11-15(12-5-2-1-3-6-12)14-10-9-13-7-4-8-16(20-17)18(13)14/h1-8,14-15H,9-11H2/t14?,15-/m1/s1. The van der Waals surface area contributed by atoms with E-state index in [1.807, 2.05) is 30.3 Å². The quantitative estimate of drug-likeness (QED) is 0.578. The molecule has 1 aliphatic carbocycles. The zero-order valence-electron chi connectivity index (χ0n) is 11.2. The van der Waals surface area contributed by atoms with Crippen LogP contribution in [-0.4, -0.2) is 5.97 Å². The van der Waals surface area contributed by atoms with Crippen LogP contribution in [0.25, 0.3) is 0 Å². The first kappa shape index (κ1) is 11.7. The van der Waals surface area contributed by atoms with Gasteiger partial charge in [0.05, 0.1) is 6.42 Å². The number of aryl methyl sites for hydroxylation is 1. The van der Waals surface area contributed by atoms with Crippen molar-refractivity contribution in [2.45, 2.75) is 31.1 Å². The van der Waals surface area contributed by atoms with Crippen molar-refractivity contribution in [1.29, 1.82) is 0 Å². The number of carbonyl (C=O) groups is 1. The predicted molar refractivity (Wildman–Crippen MR) is 76.9 cm³/mol. The Morgan fingerprint density at radius 3 is 2.65 bits per heavy atom. The first-order valence-electron chi connectivity index (χ1n) is 7.20. The summed E-state index contributed by atoms with van der Waals surface area (Å²) in [6.07, 6.45) is 2.68. The molecule has 4 rings (SSSR count). The largest absolute Gasteiger partial charge is 0.426 e. The molecule has 0 N–H and O–H groups in total. The summed E-state index contributed by atoms with van der Waals surface area (Å²) in [4.78, 5) is 12.1. The summed E-state index contributed by atoms with van der Waals surface area (Å²) in [5.74, 6) is 1.33. The number of hydrogen-bond acceptors (Lipinski definition) is 2. The predicted octanol–water partition coefficient (Wildman–Crippen LogP) is 3.81. The van der Waals surface area contributed by atoms with Crippen molar-refractivity contribution in [1.82, 2.24) is 0 Å². The Labute approximate surface area is 118 Å². The average molecular weight is 264 g/mol. The van der Waals surface area contributed by atoms with Crippen molar-refractivity contribution in [3.63, 3.8) is 0 Å². The van der Waals surface area contributed by atoms with Crippen molar-refractivity contribution in [2.24, 2.45) is 0 Å². The van der Waals surface area contributed by atoms with E-state index in [4.69, 9.17) is 4.74 Å². The Kier molecular flexibility index (Phi) is 2.62. The molecule has 0 radical (unpaired) electrons. The molecular weight excluding hydrogens is 248 g/mol. The molecule has 2 heteroatoms. The van der Waals surface area contributed by atoms with Crippen molar-refractivity contribution in [3.05, 3.63) is 65.2 Å². The fraction of sp³-hybridized carbons (Fsp3) is 0.278. The maximum Gasteiger partial charge on any atom is 0.311 e. The van der Waals surface area contributed by atoms with Gasteiger partial charge in [-0.05, 0) is 36.0 Å². The number of hydrogen-bond donors (Lipinski definition) is 0. The van der Waals surface area contributed by atoms with Crippen LogP contribution in [0.2, 0.25) is 0 Å². The van der Waals surface area contributed by atoms with E-state index in [-0.39, 0.29) is 11.9 Å². The number of esters is 1. The first-order chi connectivity index (χ1) is 9.83. The lowest BCUT2D eigenvalue weighted by Crippen LogP contribution is -2.13. The molecule has 0 saturated heterocycles. The highest BCUT2D eigenvalue weighted by Gasteiger charge is 2.37. The summed E-state index contributed by atoms with van der Waals surface area (Å²) in [6.45, 7) is 0. The van der Waals surface area contributed by atoms with Gasteiger partial charge in [-0.3, -0.25) is 4.79 Å². The minimum Gasteiger partial charge on any atom is -0.426 e. The number of benzene rings is 2. The molecule has 0 saturated carbocycles. The molecule has 2 aliphatic rings. The van der Waals surface area contributed by atoms with Crippen molar-refractivity contribution in [3.8, 4) is 5.75 Å². The van der Waals surface area contributed by atoms with E-state index >= 15 is 0 Å².